The molecule has 0 atom stereocenters. The number of benzene rings is 1. The van der Waals surface area contributed by atoms with E-state index in [2.05, 4.69) is 46.1 Å². The highest BCUT2D eigenvalue weighted by atomic mass is 32.2. The number of aromatic nitrogens is 4. The summed E-state index contributed by atoms with van der Waals surface area (Å²) in [4.78, 5) is 12.3. The molecule has 1 N–H and O–H groups in total. The van der Waals surface area contributed by atoms with Crippen LogP contribution in [0.3, 0.4) is 0 Å². The van der Waals surface area contributed by atoms with Gasteiger partial charge in [0.1, 0.15) is 0 Å². The highest BCUT2D eigenvalue weighted by Crippen LogP contribution is 2.22. The smallest absolute Gasteiger partial charge is 0.226 e. The van der Waals surface area contributed by atoms with Crippen LogP contribution in [0.15, 0.2) is 27.9 Å². The van der Waals surface area contributed by atoms with Gasteiger partial charge in [-0.25, -0.2) is 4.98 Å². The van der Waals surface area contributed by atoms with Crippen LogP contribution >= 0.6 is 11.8 Å². The highest BCUT2D eigenvalue weighted by molar-refractivity contribution is 7.98. The van der Waals surface area contributed by atoms with Gasteiger partial charge in [0.2, 0.25) is 5.89 Å². The Kier molecular flexibility index (Phi) is 4.24. The molecule has 2 aromatic heterocycles. The molecular formula is C15H18N4OS. The summed E-state index contributed by atoms with van der Waals surface area (Å²) < 4.78 is 5.22. The first-order valence-corrected chi connectivity index (χ1v) is 8.14. The molecule has 0 saturated heterocycles. The molecule has 0 spiro atoms. The largest absolute Gasteiger partial charge is 0.339 e. The monoisotopic (exact) mass is 302 g/mol. The Labute approximate surface area is 127 Å². The van der Waals surface area contributed by atoms with Crippen LogP contribution in [0.4, 0.5) is 0 Å². The Morgan fingerprint density at radius 1 is 1.29 bits per heavy atom. The minimum atomic E-state index is 0.661. The Balaban J connectivity index is 1.64. The molecule has 3 aromatic rings. The van der Waals surface area contributed by atoms with Crippen molar-refractivity contribution in [2.75, 3.05) is 0 Å². The lowest BCUT2D eigenvalue weighted by Gasteiger charge is -1.91. The van der Waals surface area contributed by atoms with Gasteiger partial charge in [-0.05, 0) is 31.0 Å². The van der Waals surface area contributed by atoms with Crippen molar-refractivity contribution in [3.8, 4) is 0 Å². The van der Waals surface area contributed by atoms with E-state index in [1.165, 1.54) is 5.56 Å². The van der Waals surface area contributed by atoms with Crippen LogP contribution in [-0.4, -0.2) is 20.1 Å². The number of aryl methyl sites for hydroxylation is 2. The molecule has 5 nitrogen and oxygen atoms in total. The Morgan fingerprint density at radius 2 is 2.19 bits per heavy atom. The van der Waals surface area contributed by atoms with Gasteiger partial charge < -0.3 is 9.51 Å². The van der Waals surface area contributed by atoms with Gasteiger partial charge in [-0.2, -0.15) is 4.98 Å². The molecule has 6 heteroatoms. The van der Waals surface area contributed by atoms with Crippen molar-refractivity contribution in [3.05, 3.63) is 35.5 Å². The summed E-state index contributed by atoms with van der Waals surface area (Å²) in [5, 5.41) is 4.89. The highest BCUT2D eigenvalue weighted by Gasteiger charge is 2.08. The normalized spacial score (nSPS) is 11.3. The van der Waals surface area contributed by atoms with Crippen molar-refractivity contribution in [1.29, 1.82) is 0 Å². The summed E-state index contributed by atoms with van der Waals surface area (Å²) in [6, 6.07) is 6.20. The van der Waals surface area contributed by atoms with E-state index >= 15 is 0 Å². The van der Waals surface area contributed by atoms with Crippen molar-refractivity contribution in [3.63, 3.8) is 0 Å². The fourth-order valence-corrected chi connectivity index (χ4v) is 2.81. The average Bonchev–Trinajstić information content (AvgIpc) is 3.08. The van der Waals surface area contributed by atoms with Crippen LogP contribution in [0.5, 0.6) is 0 Å². The van der Waals surface area contributed by atoms with E-state index in [1.807, 2.05) is 6.07 Å². The van der Waals surface area contributed by atoms with Crippen molar-refractivity contribution >= 4 is 22.8 Å². The number of thioether (sulfide) groups is 1. The summed E-state index contributed by atoms with van der Waals surface area (Å²) >= 11 is 1.59. The molecule has 0 bridgehead atoms. The maximum atomic E-state index is 5.22. The zero-order valence-corrected chi connectivity index (χ0v) is 13.0. The summed E-state index contributed by atoms with van der Waals surface area (Å²) in [5.41, 5.74) is 3.27. The number of hydrogen-bond acceptors (Lipinski definition) is 5. The molecule has 0 fully saturated rings. The number of rotatable bonds is 6. The molecule has 110 valence electrons. The van der Waals surface area contributed by atoms with Gasteiger partial charge in [0, 0.05) is 6.42 Å². The number of nitrogens with one attached hydrogen (secondary N) is 1. The lowest BCUT2D eigenvalue weighted by atomic mass is 10.2. The molecule has 0 aliphatic heterocycles. The topological polar surface area (TPSA) is 67.6 Å². The van der Waals surface area contributed by atoms with Crippen LogP contribution in [0.1, 0.15) is 37.0 Å². The number of nitrogens with zero attached hydrogens (tertiary/aromatic N) is 3. The van der Waals surface area contributed by atoms with Gasteiger partial charge in [-0.3, -0.25) is 0 Å². The van der Waals surface area contributed by atoms with E-state index in [1.54, 1.807) is 11.8 Å². The first kappa shape index (κ1) is 14.1. The summed E-state index contributed by atoms with van der Waals surface area (Å²) in [5.74, 6) is 2.12. The van der Waals surface area contributed by atoms with E-state index in [-0.39, 0.29) is 0 Å². The van der Waals surface area contributed by atoms with Crippen LogP contribution in [0.25, 0.3) is 11.0 Å². The average molecular weight is 302 g/mol. The second kappa shape index (κ2) is 6.30. The van der Waals surface area contributed by atoms with Gasteiger partial charge in [0.05, 0.1) is 16.8 Å². The SMILES string of the molecule is CCCCc1nc(CSc2nc3ccc(C)cc3[nH]2)no1. The Morgan fingerprint density at radius 3 is 3.05 bits per heavy atom. The minimum absolute atomic E-state index is 0.661. The summed E-state index contributed by atoms with van der Waals surface area (Å²) in [7, 11) is 0. The molecule has 0 unspecified atom stereocenters. The molecule has 2 heterocycles. The molecule has 21 heavy (non-hydrogen) atoms. The van der Waals surface area contributed by atoms with Crippen molar-refractivity contribution in [2.24, 2.45) is 0 Å². The third kappa shape index (κ3) is 3.44. The zero-order chi connectivity index (χ0) is 14.7. The van der Waals surface area contributed by atoms with Gasteiger partial charge in [0.25, 0.3) is 0 Å². The van der Waals surface area contributed by atoms with Gasteiger partial charge in [-0.15, -0.1) is 0 Å². The first-order valence-electron chi connectivity index (χ1n) is 7.15. The second-order valence-electron chi connectivity index (χ2n) is 5.06. The van der Waals surface area contributed by atoms with Crippen LogP contribution < -0.4 is 0 Å². The number of H-pyrrole nitrogens is 1. The van der Waals surface area contributed by atoms with Crippen LogP contribution in [-0.2, 0) is 12.2 Å². The standard InChI is InChI=1S/C15H18N4OS/c1-3-4-5-14-18-13(19-20-14)9-21-15-16-11-7-6-10(2)8-12(11)17-15/h6-8H,3-5,9H2,1-2H3,(H,16,17). The fraction of sp³-hybridized carbons (Fsp3) is 0.400. The van der Waals surface area contributed by atoms with Gasteiger partial charge >= 0.3 is 0 Å². The number of unbranched alkanes of at least 4 members (excludes halogenated alkanes) is 1. The molecule has 0 aliphatic rings. The third-order valence-electron chi connectivity index (χ3n) is 3.21. The van der Waals surface area contributed by atoms with Crippen molar-refractivity contribution in [2.45, 2.75) is 44.0 Å². The van der Waals surface area contributed by atoms with Gasteiger partial charge in [-0.1, -0.05) is 36.3 Å². The zero-order valence-electron chi connectivity index (χ0n) is 12.2. The minimum Gasteiger partial charge on any atom is -0.339 e. The van der Waals surface area contributed by atoms with Crippen LogP contribution in [0.2, 0.25) is 0 Å². The number of aromatic amines is 1. The summed E-state index contributed by atoms with van der Waals surface area (Å²) in [6.07, 6.45) is 3.07. The quantitative estimate of drug-likeness (QED) is 0.700. The lowest BCUT2D eigenvalue weighted by Crippen LogP contribution is -1.87. The van der Waals surface area contributed by atoms with E-state index in [0.29, 0.717) is 5.75 Å². The number of hydrogen-bond donors (Lipinski definition) is 1. The predicted octanol–water partition coefficient (Wildman–Crippen LogP) is 3.89. The Bertz CT molecular complexity index is 734. The second-order valence-corrected chi connectivity index (χ2v) is 6.02. The maximum absolute atomic E-state index is 5.22. The molecule has 0 aliphatic carbocycles. The van der Waals surface area contributed by atoms with E-state index in [9.17, 15) is 0 Å². The lowest BCUT2D eigenvalue weighted by molar-refractivity contribution is 0.371. The maximum Gasteiger partial charge on any atom is 0.226 e. The molecule has 0 saturated carbocycles. The molecule has 3 rings (SSSR count). The van der Waals surface area contributed by atoms with Crippen molar-refractivity contribution in [1.82, 2.24) is 20.1 Å². The third-order valence-corrected chi connectivity index (χ3v) is 4.08. The molecule has 0 radical (unpaired) electrons. The van der Waals surface area contributed by atoms with Crippen molar-refractivity contribution < 1.29 is 4.52 Å². The first-order chi connectivity index (χ1) is 10.2. The van der Waals surface area contributed by atoms with E-state index in [0.717, 1.165) is 47.2 Å². The fourth-order valence-electron chi connectivity index (χ4n) is 2.08. The van der Waals surface area contributed by atoms with E-state index < -0.39 is 0 Å². The Hall–Kier alpha value is -1.82. The number of fused-ring (bicyclic) bond motifs is 1. The summed E-state index contributed by atoms with van der Waals surface area (Å²) in [6.45, 7) is 4.22. The van der Waals surface area contributed by atoms with Crippen LogP contribution in [0, 0.1) is 6.92 Å². The molecule has 1 aromatic carbocycles. The van der Waals surface area contributed by atoms with Gasteiger partial charge in [0.15, 0.2) is 11.0 Å². The van der Waals surface area contributed by atoms with E-state index in [4.69, 9.17) is 4.52 Å². The molecule has 0 amide bonds. The number of imidazole rings is 1. The molecular weight excluding hydrogens is 284 g/mol. The predicted molar refractivity (Wildman–Crippen MR) is 83.3 cm³/mol.